The number of likely N-dealkylation sites (N-methyl/N-ethyl adjacent to an activating group) is 1. The van der Waals surface area contributed by atoms with Crippen LogP contribution in [0.4, 0.5) is 0 Å². The summed E-state index contributed by atoms with van der Waals surface area (Å²) in [5, 5.41) is 8.68. The molecule has 0 heterocycles. The van der Waals surface area contributed by atoms with Crippen molar-refractivity contribution < 1.29 is 28.9 Å². The number of para-hydroxylation sites is 1. The third-order valence-electron chi connectivity index (χ3n) is 4.12. The molecule has 0 radical (unpaired) electrons. The van der Waals surface area contributed by atoms with Crippen molar-refractivity contribution in [3.8, 4) is 22.6 Å². The van der Waals surface area contributed by atoms with E-state index in [1.54, 1.807) is 7.11 Å². The van der Waals surface area contributed by atoms with Gasteiger partial charge >= 0.3 is 11.9 Å². The molecule has 0 fully saturated rings. The van der Waals surface area contributed by atoms with E-state index in [2.05, 4.69) is 0 Å². The van der Waals surface area contributed by atoms with Gasteiger partial charge in [-0.1, -0.05) is 30.3 Å². The Kier molecular flexibility index (Phi) is 8.48. The SMILES string of the molecule is COc1ccccc1-c1ccc(OCC(CN(C)C)OC(=O)CCC(=O)O)cc1. The van der Waals surface area contributed by atoms with Gasteiger partial charge in [-0.25, -0.2) is 0 Å². The Morgan fingerprint density at radius 2 is 1.72 bits per heavy atom. The van der Waals surface area contributed by atoms with Crippen LogP contribution in [0.5, 0.6) is 11.5 Å². The van der Waals surface area contributed by atoms with Crippen molar-refractivity contribution in [2.45, 2.75) is 18.9 Å². The number of hydrogen-bond donors (Lipinski definition) is 1. The number of aliphatic carboxylic acids is 1. The van der Waals surface area contributed by atoms with E-state index in [1.807, 2.05) is 67.5 Å². The van der Waals surface area contributed by atoms with Crippen molar-refractivity contribution in [3.05, 3.63) is 48.5 Å². The largest absolute Gasteiger partial charge is 0.496 e. The maximum absolute atomic E-state index is 11.8. The zero-order valence-corrected chi connectivity index (χ0v) is 17.0. The van der Waals surface area contributed by atoms with Crippen molar-refractivity contribution in [1.29, 1.82) is 0 Å². The highest BCUT2D eigenvalue weighted by Gasteiger charge is 2.17. The Hall–Kier alpha value is -3.06. The van der Waals surface area contributed by atoms with Gasteiger partial charge in [-0.3, -0.25) is 9.59 Å². The molecule has 1 unspecified atom stereocenters. The molecule has 2 aromatic carbocycles. The summed E-state index contributed by atoms with van der Waals surface area (Å²) < 4.78 is 16.6. The highest BCUT2D eigenvalue weighted by atomic mass is 16.6. The molecule has 0 saturated heterocycles. The van der Waals surface area contributed by atoms with E-state index in [4.69, 9.17) is 19.3 Å². The predicted molar refractivity (Wildman–Crippen MR) is 109 cm³/mol. The van der Waals surface area contributed by atoms with Crippen LogP contribution in [0.1, 0.15) is 12.8 Å². The number of hydrogen-bond acceptors (Lipinski definition) is 6. The maximum atomic E-state index is 11.8. The number of ether oxygens (including phenoxy) is 3. The number of carbonyl (C=O) groups is 2. The fourth-order valence-electron chi connectivity index (χ4n) is 2.79. The lowest BCUT2D eigenvalue weighted by molar-refractivity contribution is -0.153. The summed E-state index contributed by atoms with van der Waals surface area (Å²) in [6, 6.07) is 15.3. The summed E-state index contributed by atoms with van der Waals surface area (Å²) in [4.78, 5) is 24.3. The van der Waals surface area contributed by atoms with Crippen LogP contribution in [0.3, 0.4) is 0 Å². The standard InChI is InChI=1S/C22H27NO6/c1-23(2)14-18(29-22(26)13-12-21(24)25)15-28-17-10-8-16(9-11-17)19-6-4-5-7-20(19)27-3/h4-11,18H,12-15H2,1-3H3,(H,24,25). The molecule has 2 rings (SSSR count). The summed E-state index contributed by atoms with van der Waals surface area (Å²) in [5.41, 5.74) is 1.99. The zero-order chi connectivity index (χ0) is 21.2. The summed E-state index contributed by atoms with van der Waals surface area (Å²) >= 11 is 0. The fraction of sp³-hybridized carbons (Fsp3) is 0.364. The van der Waals surface area contributed by atoms with Gasteiger partial charge in [-0.2, -0.15) is 0 Å². The first-order valence-corrected chi connectivity index (χ1v) is 9.31. The van der Waals surface area contributed by atoms with Gasteiger partial charge in [-0.05, 0) is 37.9 Å². The average Bonchev–Trinajstić information content (AvgIpc) is 2.70. The van der Waals surface area contributed by atoms with Gasteiger partial charge < -0.3 is 24.2 Å². The molecule has 0 bridgehead atoms. The number of carbonyl (C=O) groups excluding carboxylic acids is 1. The van der Waals surface area contributed by atoms with Gasteiger partial charge in [0.25, 0.3) is 0 Å². The number of carboxylic acid groups (broad SMARTS) is 1. The van der Waals surface area contributed by atoms with E-state index in [1.165, 1.54) is 0 Å². The number of rotatable bonds is 11. The van der Waals surface area contributed by atoms with E-state index in [-0.39, 0.29) is 19.4 Å². The number of methoxy groups -OCH3 is 1. The lowest BCUT2D eigenvalue weighted by Gasteiger charge is -2.22. The van der Waals surface area contributed by atoms with Crippen molar-refractivity contribution in [2.75, 3.05) is 34.4 Å². The topological polar surface area (TPSA) is 85.3 Å². The van der Waals surface area contributed by atoms with Crippen LogP contribution in [0, 0.1) is 0 Å². The highest BCUT2D eigenvalue weighted by Crippen LogP contribution is 2.30. The van der Waals surface area contributed by atoms with E-state index < -0.39 is 18.0 Å². The molecule has 29 heavy (non-hydrogen) atoms. The fourth-order valence-corrected chi connectivity index (χ4v) is 2.79. The molecular formula is C22H27NO6. The molecule has 7 nitrogen and oxygen atoms in total. The lowest BCUT2D eigenvalue weighted by atomic mass is 10.0. The van der Waals surface area contributed by atoms with Crippen LogP contribution in [-0.2, 0) is 14.3 Å². The molecule has 1 atom stereocenters. The predicted octanol–water partition coefficient (Wildman–Crippen LogP) is 3.08. The average molecular weight is 401 g/mol. The van der Waals surface area contributed by atoms with Gasteiger partial charge in [0.05, 0.1) is 20.0 Å². The molecular weight excluding hydrogens is 374 g/mol. The number of benzene rings is 2. The van der Waals surface area contributed by atoms with Crippen molar-refractivity contribution in [3.63, 3.8) is 0 Å². The first-order chi connectivity index (χ1) is 13.9. The zero-order valence-electron chi connectivity index (χ0n) is 17.0. The van der Waals surface area contributed by atoms with E-state index in [9.17, 15) is 9.59 Å². The van der Waals surface area contributed by atoms with Gasteiger partial charge in [-0.15, -0.1) is 0 Å². The summed E-state index contributed by atoms with van der Waals surface area (Å²) in [5.74, 6) is -0.138. The smallest absolute Gasteiger partial charge is 0.306 e. The molecule has 1 N–H and O–H groups in total. The summed E-state index contributed by atoms with van der Waals surface area (Å²) in [6.45, 7) is 0.642. The molecule has 0 saturated carbocycles. The van der Waals surface area contributed by atoms with Gasteiger partial charge in [0, 0.05) is 12.1 Å². The number of nitrogens with zero attached hydrogens (tertiary/aromatic N) is 1. The van der Waals surface area contributed by atoms with E-state index >= 15 is 0 Å². The monoisotopic (exact) mass is 401 g/mol. The molecule has 7 heteroatoms. The normalized spacial score (nSPS) is 11.7. The minimum atomic E-state index is -1.03. The van der Waals surface area contributed by atoms with Gasteiger partial charge in [0.15, 0.2) is 0 Å². The Labute approximate surface area is 170 Å². The minimum absolute atomic E-state index is 0.160. The molecule has 0 aliphatic carbocycles. The Morgan fingerprint density at radius 3 is 2.34 bits per heavy atom. The third kappa shape index (κ3) is 7.46. The van der Waals surface area contributed by atoms with E-state index in [0.717, 1.165) is 16.9 Å². The van der Waals surface area contributed by atoms with Crippen LogP contribution in [-0.4, -0.2) is 62.4 Å². The molecule has 0 aliphatic rings. The van der Waals surface area contributed by atoms with Crippen LogP contribution in [0.25, 0.3) is 11.1 Å². The maximum Gasteiger partial charge on any atom is 0.306 e. The van der Waals surface area contributed by atoms with Gasteiger partial charge in [0.2, 0.25) is 0 Å². The second kappa shape index (κ2) is 11.1. The highest BCUT2D eigenvalue weighted by molar-refractivity contribution is 5.76. The molecule has 2 aromatic rings. The second-order valence-corrected chi connectivity index (χ2v) is 6.80. The number of esters is 1. The lowest BCUT2D eigenvalue weighted by Crippen LogP contribution is -2.35. The van der Waals surface area contributed by atoms with Crippen molar-refractivity contribution >= 4 is 11.9 Å². The molecule has 0 aromatic heterocycles. The molecule has 156 valence electrons. The summed E-state index contributed by atoms with van der Waals surface area (Å²) in [7, 11) is 5.36. The van der Waals surface area contributed by atoms with Gasteiger partial charge in [0.1, 0.15) is 24.2 Å². The first kappa shape index (κ1) is 22.2. The van der Waals surface area contributed by atoms with Crippen LogP contribution in [0.15, 0.2) is 48.5 Å². The third-order valence-corrected chi connectivity index (χ3v) is 4.12. The van der Waals surface area contributed by atoms with Crippen LogP contribution in [0.2, 0.25) is 0 Å². The Balaban J connectivity index is 1.97. The molecule has 0 aliphatic heterocycles. The first-order valence-electron chi connectivity index (χ1n) is 9.31. The quantitative estimate of drug-likeness (QED) is 0.579. The second-order valence-electron chi connectivity index (χ2n) is 6.80. The molecule has 0 spiro atoms. The van der Waals surface area contributed by atoms with Crippen molar-refractivity contribution in [1.82, 2.24) is 4.90 Å². The minimum Gasteiger partial charge on any atom is -0.496 e. The Morgan fingerprint density at radius 1 is 1.03 bits per heavy atom. The number of carboxylic acids is 1. The Bertz CT molecular complexity index is 803. The van der Waals surface area contributed by atoms with Crippen molar-refractivity contribution in [2.24, 2.45) is 0 Å². The molecule has 0 amide bonds. The van der Waals surface area contributed by atoms with Crippen LogP contribution >= 0.6 is 0 Å². The van der Waals surface area contributed by atoms with E-state index in [0.29, 0.717) is 12.3 Å². The summed E-state index contributed by atoms with van der Waals surface area (Å²) in [6.07, 6.45) is -0.911. The van der Waals surface area contributed by atoms with Crippen LogP contribution < -0.4 is 9.47 Å².